The minimum absolute atomic E-state index is 0.352. The molecule has 0 bridgehead atoms. The van der Waals surface area contributed by atoms with Crippen molar-refractivity contribution in [3.8, 4) is 0 Å². The Hall–Kier alpha value is -0.0800. The summed E-state index contributed by atoms with van der Waals surface area (Å²) < 4.78 is 10.9. The predicted octanol–water partition coefficient (Wildman–Crippen LogP) is 3.25. The van der Waals surface area contributed by atoms with Crippen LogP contribution >= 0.6 is 0 Å². The lowest BCUT2D eigenvalue weighted by Crippen LogP contribution is -2.26. The van der Waals surface area contributed by atoms with Gasteiger partial charge < -0.3 is 9.47 Å². The van der Waals surface area contributed by atoms with Crippen LogP contribution in [0.5, 0.6) is 0 Å². The standard InChI is InChI=1S/C13H26O2/c1-5-11(3)7-13(4,6-2)10-14-8-12-9-15-12/h11-12H,5-10H2,1-4H3. The molecule has 2 nitrogen and oxygen atoms in total. The largest absolute Gasteiger partial charge is 0.378 e. The van der Waals surface area contributed by atoms with Crippen molar-refractivity contribution < 1.29 is 9.47 Å². The summed E-state index contributed by atoms with van der Waals surface area (Å²) in [5.74, 6) is 0.802. The van der Waals surface area contributed by atoms with Crippen LogP contribution < -0.4 is 0 Å². The van der Waals surface area contributed by atoms with Crippen molar-refractivity contribution in [1.82, 2.24) is 0 Å². The van der Waals surface area contributed by atoms with Crippen LogP contribution in [-0.2, 0) is 9.47 Å². The van der Waals surface area contributed by atoms with E-state index in [9.17, 15) is 0 Å². The highest BCUT2D eigenvalue weighted by molar-refractivity contribution is 4.76. The third-order valence-electron chi connectivity index (χ3n) is 3.55. The van der Waals surface area contributed by atoms with E-state index in [4.69, 9.17) is 9.47 Å². The zero-order valence-corrected chi connectivity index (χ0v) is 10.7. The van der Waals surface area contributed by atoms with Crippen molar-refractivity contribution in [3.05, 3.63) is 0 Å². The number of ether oxygens (including phenoxy) is 2. The van der Waals surface area contributed by atoms with Crippen LogP contribution in [0, 0.1) is 11.3 Å². The Morgan fingerprint density at radius 3 is 2.60 bits per heavy atom. The van der Waals surface area contributed by atoms with Crippen molar-refractivity contribution in [2.24, 2.45) is 11.3 Å². The highest BCUT2D eigenvalue weighted by Crippen LogP contribution is 2.31. The van der Waals surface area contributed by atoms with E-state index in [2.05, 4.69) is 27.7 Å². The molecule has 1 heterocycles. The first-order valence-electron chi connectivity index (χ1n) is 6.29. The van der Waals surface area contributed by atoms with Crippen LogP contribution in [-0.4, -0.2) is 25.9 Å². The van der Waals surface area contributed by atoms with Gasteiger partial charge in [0.15, 0.2) is 0 Å². The molecule has 0 N–H and O–H groups in total. The smallest absolute Gasteiger partial charge is 0.104 e. The molecule has 3 unspecified atom stereocenters. The second kappa shape index (κ2) is 5.86. The topological polar surface area (TPSA) is 21.8 Å². The van der Waals surface area contributed by atoms with Gasteiger partial charge in [-0.05, 0) is 24.2 Å². The molecule has 1 aliphatic rings. The molecule has 0 aromatic carbocycles. The lowest BCUT2D eigenvalue weighted by molar-refractivity contribution is 0.0297. The molecule has 2 heteroatoms. The van der Waals surface area contributed by atoms with E-state index < -0.39 is 0 Å². The fourth-order valence-electron chi connectivity index (χ4n) is 1.89. The highest BCUT2D eigenvalue weighted by atomic mass is 16.6. The maximum atomic E-state index is 5.73. The van der Waals surface area contributed by atoms with Crippen molar-refractivity contribution in [3.63, 3.8) is 0 Å². The molecule has 3 atom stereocenters. The maximum absolute atomic E-state index is 5.73. The Morgan fingerprint density at radius 1 is 1.47 bits per heavy atom. The Kier molecular flexibility index (Phi) is 5.07. The van der Waals surface area contributed by atoms with Gasteiger partial charge >= 0.3 is 0 Å². The summed E-state index contributed by atoms with van der Waals surface area (Å²) in [6.45, 7) is 11.8. The van der Waals surface area contributed by atoms with Gasteiger partial charge in [-0.15, -0.1) is 0 Å². The summed E-state index contributed by atoms with van der Waals surface area (Å²) in [6, 6.07) is 0. The SMILES string of the molecule is CCC(C)CC(C)(CC)COCC1CO1. The van der Waals surface area contributed by atoms with Gasteiger partial charge in [0.05, 0.1) is 19.8 Å². The van der Waals surface area contributed by atoms with Crippen molar-refractivity contribution in [1.29, 1.82) is 0 Å². The molecule has 0 spiro atoms. The monoisotopic (exact) mass is 214 g/mol. The molecule has 0 radical (unpaired) electrons. The second-order valence-electron chi connectivity index (χ2n) is 5.35. The molecule has 1 saturated heterocycles. The average molecular weight is 214 g/mol. The number of hydrogen-bond donors (Lipinski definition) is 0. The van der Waals surface area contributed by atoms with Crippen molar-refractivity contribution in [2.75, 3.05) is 19.8 Å². The van der Waals surface area contributed by atoms with Gasteiger partial charge in [-0.25, -0.2) is 0 Å². The van der Waals surface area contributed by atoms with E-state index in [1.807, 2.05) is 0 Å². The van der Waals surface area contributed by atoms with E-state index in [1.54, 1.807) is 0 Å². The molecule has 1 aliphatic heterocycles. The Balaban J connectivity index is 2.22. The normalized spacial score (nSPS) is 26.0. The number of rotatable bonds is 8. The molecule has 15 heavy (non-hydrogen) atoms. The van der Waals surface area contributed by atoms with E-state index in [0.29, 0.717) is 11.5 Å². The third-order valence-corrected chi connectivity index (χ3v) is 3.55. The van der Waals surface area contributed by atoms with Gasteiger partial charge in [0.25, 0.3) is 0 Å². The van der Waals surface area contributed by atoms with Crippen LogP contribution in [0.1, 0.15) is 47.0 Å². The average Bonchev–Trinajstić information content (AvgIpc) is 3.01. The van der Waals surface area contributed by atoms with Gasteiger partial charge in [0.1, 0.15) is 6.10 Å². The Labute approximate surface area is 94.3 Å². The first-order chi connectivity index (χ1) is 7.09. The molecule has 1 fully saturated rings. The molecule has 0 aromatic rings. The third kappa shape index (κ3) is 4.98. The molecule has 0 saturated carbocycles. The van der Waals surface area contributed by atoms with Gasteiger partial charge in [0, 0.05) is 0 Å². The van der Waals surface area contributed by atoms with Crippen LogP contribution in [0.3, 0.4) is 0 Å². The van der Waals surface area contributed by atoms with Crippen LogP contribution in [0.15, 0.2) is 0 Å². The lowest BCUT2D eigenvalue weighted by atomic mass is 9.79. The maximum Gasteiger partial charge on any atom is 0.104 e. The molecular weight excluding hydrogens is 188 g/mol. The van der Waals surface area contributed by atoms with E-state index in [-0.39, 0.29) is 0 Å². The van der Waals surface area contributed by atoms with Gasteiger partial charge in [-0.2, -0.15) is 0 Å². The van der Waals surface area contributed by atoms with Gasteiger partial charge in [-0.3, -0.25) is 0 Å². The van der Waals surface area contributed by atoms with Crippen LogP contribution in [0.25, 0.3) is 0 Å². The van der Waals surface area contributed by atoms with E-state index in [1.165, 1.54) is 19.3 Å². The Bertz CT molecular complexity index is 177. The van der Waals surface area contributed by atoms with Crippen LogP contribution in [0.2, 0.25) is 0 Å². The molecule has 0 amide bonds. The predicted molar refractivity (Wildman–Crippen MR) is 63.0 cm³/mol. The summed E-state index contributed by atoms with van der Waals surface area (Å²) in [6.07, 6.45) is 4.13. The number of epoxide rings is 1. The molecular formula is C13H26O2. The summed E-state index contributed by atoms with van der Waals surface area (Å²) in [4.78, 5) is 0. The molecule has 0 aliphatic carbocycles. The summed E-state index contributed by atoms with van der Waals surface area (Å²) in [7, 11) is 0. The zero-order chi connectivity index (χ0) is 11.3. The highest BCUT2D eigenvalue weighted by Gasteiger charge is 2.27. The lowest BCUT2D eigenvalue weighted by Gasteiger charge is -2.30. The Morgan fingerprint density at radius 2 is 2.13 bits per heavy atom. The minimum Gasteiger partial charge on any atom is -0.378 e. The molecule has 0 aromatic heterocycles. The van der Waals surface area contributed by atoms with Crippen molar-refractivity contribution in [2.45, 2.75) is 53.1 Å². The minimum atomic E-state index is 0.352. The van der Waals surface area contributed by atoms with Gasteiger partial charge in [-0.1, -0.05) is 34.1 Å². The van der Waals surface area contributed by atoms with E-state index >= 15 is 0 Å². The van der Waals surface area contributed by atoms with Crippen molar-refractivity contribution >= 4 is 0 Å². The quantitative estimate of drug-likeness (QED) is 0.578. The van der Waals surface area contributed by atoms with E-state index in [0.717, 1.165) is 25.7 Å². The molecule has 90 valence electrons. The molecule has 1 rings (SSSR count). The first-order valence-corrected chi connectivity index (χ1v) is 6.29. The summed E-state index contributed by atoms with van der Waals surface area (Å²) >= 11 is 0. The number of hydrogen-bond acceptors (Lipinski definition) is 2. The fraction of sp³-hybridized carbons (Fsp3) is 1.00. The first kappa shape index (κ1) is 13.0. The van der Waals surface area contributed by atoms with Gasteiger partial charge in [0.2, 0.25) is 0 Å². The van der Waals surface area contributed by atoms with Crippen LogP contribution in [0.4, 0.5) is 0 Å². The second-order valence-corrected chi connectivity index (χ2v) is 5.35. The zero-order valence-electron chi connectivity index (χ0n) is 10.7. The summed E-state index contributed by atoms with van der Waals surface area (Å²) in [5.41, 5.74) is 0.352. The fourth-order valence-corrected chi connectivity index (χ4v) is 1.89. The summed E-state index contributed by atoms with van der Waals surface area (Å²) in [5, 5.41) is 0.